The fraction of sp³-hybridized carbons (Fsp3) is 0.500. The molecule has 0 N–H and O–H groups in total. The SMILES string of the molecule is COCCCS(=O)(=O)N(C)Cc1ccc(Br)cc1. The molecule has 0 aliphatic heterocycles. The molecule has 1 aromatic carbocycles. The zero-order valence-corrected chi connectivity index (χ0v) is 13.0. The minimum Gasteiger partial charge on any atom is -0.385 e. The summed E-state index contributed by atoms with van der Waals surface area (Å²) in [5, 5.41) is 0. The van der Waals surface area contributed by atoms with Crippen LogP contribution >= 0.6 is 15.9 Å². The average Bonchev–Trinajstić information content (AvgIpc) is 2.32. The van der Waals surface area contributed by atoms with Gasteiger partial charge < -0.3 is 4.74 Å². The van der Waals surface area contributed by atoms with Crippen LogP contribution in [0.3, 0.4) is 0 Å². The van der Waals surface area contributed by atoms with Crippen molar-refractivity contribution in [3.8, 4) is 0 Å². The molecule has 102 valence electrons. The lowest BCUT2D eigenvalue weighted by Gasteiger charge is -2.17. The molecule has 0 bridgehead atoms. The van der Waals surface area contributed by atoms with Crippen molar-refractivity contribution in [3.05, 3.63) is 34.3 Å². The van der Waals surface area contributed by atoms with Crippen LogP contribution < -0.4 is 0 Å². The van der Waals surface area contributed by atoms with Crippen LogP contribution in [0.4, 0.5) is 0 Å². The Morgan fingerprint density at radius 2 is 1.89 bits per heavy atom. The molecule has 0 aliphatic rings. The van der Waals surface area contributed by atoms with E-state index in [1.165, 1.54) is 4.31 Å². The van der Waals surface area contributed by atoms with Gasteiger partial charge in [-0.1, -0.05) is 28.1 Å². The molecule has 6 heteroatoms. The predicted octanol–water partition coefficient (Wildman–Crippen LogP) is 2.25. The van der Waals surface area contributed by atoms with Gasteiger partial charge in [0.1, 0.15) is 0 Å². The molecule has 4 nitrogen and oxygen atoms in total. The van der Waals surface area contributed by atoms with E-state index in [4.69, 9.17) is 4.74 Å². The molecule has 0 spiro atoms. The Bertz CT molecular complexity index is 459. The van der Waals surface area contributed by atoms with E-state index in [2.05, 4.69) is 15.9 Å². The van der Waals surface area contributed by atoms with Gasteiger partial charge in [-0.05, 0) is 24.1 Å². The second kappa shape index (κ2) is 7.23. The first kappa shape index (κ1) is 15.6. The normalized spacial score (nSPS) is 12.0. The maximum absolute atomic E-state index is 11.9. The third kappa shape index (κ3) is 5.06. The maximum Gasteiger partial charge on any atom is 0.214 e. The number of sulfonamides is 1. The summed E-state index contributed by atoms with van der Waals surface area (Å²) in [4.78, 5) is 0. The fourth-order valence-corrected chi connectivity index (χ4v) is 2.89. The molecule has 18 heavy (non-hydrogen) atoms. The van der Waals surface area contributed by atoms with E-state index in [0.29, 0.717) is 19.6 Å². The Morgan fingerprint density at radius 1 is 1.28 bits per heavy atom. The van der Waals surface area contributed by atoms with E-state index in [-0.39, 0.29) is 5.75 Å². The summed E-state index contributed by atoms with van der Waals surface area (Å²) < 4.78 is 31.1. The van der Waals surface area contributed by atoms with Crippen molar-refractivity contribution < 1.29 is 13.2 Å². The van der Waals surface area contributed by atoms with Gasteiger partial charge in [-0.15, -0.1) is 0 Å². The minimum absolute atomic E-state index is 0.119. The van der Waals surface area contributed by atoms with Crippen molar-refractivity contribution in [2.45, 2.75) is 13.0 Å². The molecule has 0 amide bonds. The molecule has 0 atom stereocenters. The first-order chi connectivity index (χ1) is 8.45. The second-order valence-corrected chi connectivity index (χ2v) is 7.16. The predicted molar refractivity (Wildman–Crippen MR) is 75.9 cm³/mol. The Kier molecular flexibility index (Phi) is 6.28. The number of hydrogen-bond donors (Lipinski definition) is 0. The number of halogens is 1. The number of methoxy groups -OCH3 is 1. The zero-order valence-electron chi connectivity index (χ0n) is 10.6. The summed E-state index contributed by atoms with van der Waals surface area (Å²) in [7, 11) is -0.0302. The largest absolute Gasteiger partial charge is 0.385 e. The van der Waals surface area contributed by atoms with Gasteiger partial charge in [0.05, 0.1) is 5.75 Å². The molecule has 0 saturated carbocycles. The van der Waals surface area contributed by atoms with Crippen molar-refractivity contribution >= 4 is 26.0 Å². The lowest BCUT2D eigenvalue weighted by molar-refractivity contribution is 0.199. The number of hydrogen-bond acceptors (Lipinski definition) is 3. The van der Waals surface area contributed by atoms with Crippen LogP contribution in [0.25, 0.3) is 0 Å². The van der Waals surface area contributed by atoms with Gasteiger partial charge in [-0.25, -0.2) is 12.7 Å². The third-order valence-electron chi connectivity index (χ3n) is 2.54. The monoisotopic (exact) mass is 335 g/mol. The smallest absolute Gasteiger partial charge is 0.214 e. The summed E-state index contributed by atoms with van der Waals surface area (Å²) in [6.45, 7) is 0.855. The van der Waals surface area contributed by atoms with E-state index in [1.807, 2.05) is 24.3 Å². The first-order valence-electron chi connectivity index (χ1n) is 5.63. The van der Waals surface area contributed by atoms with Gasteiger partial charge in [0.15, 0.2) is 0 Å². The quantitative estimate of drug-likeness (QED) is 0.718. The molecule has 0 aromatic heterocycles. The van der Waals surface area contributed by atoms with E-state index in [9.17, 15) is 8.42 Å². The fourth-order valence-electron chi connectivity index (χ4n) is 1.49. The van der Waals surface area contributed by atoms with Gasteiger partial charge in [-0.2, -0.15) is 0 Å². The molecule has 0 aliphatic carbocycles. The van der Waals surface area contributed by atoms with E-state index >= 15 is 0 Å². The standard InChI is InChI=1S/C12H18BrNO3S/c1-14(18(15,16)9-3-8-17-2)10-11-4-6-12(13)7-5-11/h4-7H,3,8-10H2,1-2H3. The highest BCUT2D eigenvalue weighted by molar-refractivity contribution is 9.10. The molecule has 0 radical (unpaired) electrons. The second-order valence-electron chi connectivity index (χ2n) is 4.04. The topological polar surface area (TPSA) is 46.6 Å². The van der Waals surface area contributed by atoms with Crippen LogP contribution in [0, 0.1) is 0 Å². The van der Waals surface area contributed by atoms with Crippen molar-refractivity contribution in [1.82, 2.24) is 4.31 Å². The average molecular weight is 336 g/mol. The van der Waals surface area contributed by atoms with Crippen LogP contribution in [0.1, 0.15) is 12.0 Å². The van der Waals surface area contributed by atoms with Crippen LogP contribution in [0.15, 0.2) is 28.7 Å². The van der Waals surface area contributed by atoms with Gasteiger partial charge in [0.2, 0.25) is 10.0 Å². The lowest BCUT2D eigenvalue weighted by atomic mass is 10.2. The molecule has 0 heterocycles. The molecule has 1 rings (SSSR count). The summed E-state index contributed by atoms with van der Waals surface area (Å²) in [5.41, 5.74) is 0.969. The molecule has 0 fully saturated rings. The van der Waals surface area contributed by atoms with Crippen molar-refractivity contribution in [3.63, 3.8) is 0 Å². The number of ether oxygens (including phenoxy) is 1. The van der Waals surface area contributed by atoms with E-state index in [1.54, 1.807) is 14.2 Å². The molecule has 0 saturated heterocycles. The summed E-state index contributed by atoms with van der Waals surface area (Å²) in [6.07, 6.45) is 0.517. The van der Waals surface area contributed by atoms with E-state index in [0.717, 1.165) is 10.0 Å². The van der Waals surface area contributed by atoms with E-state index < -0.39 is 10.0 Å². The maximum atomic E-state index is 11.9. The molecule has 1 aromatic rings. The first-order valence-corrected chi connectivity index (χ1v) is 8.03. The van der Waals surface area contributed by atoms with Crippen molar-refractivity contribution in [2.24, 2.45) is 0 Å². The summed E-state index contributed by atoms with van der Waals surface area (Å²) in [5.74, 6) is 0.119. The highest BCUT2D eigenvalue weighted by Gasteiger charge is 2.17. The van der Waals surface area contributed by atoms with Crippen LogP contribution in [0.5, 0.6) is 0 Å². The van der Waals surface area contributed by atoms with Gasteiger partial charge in [0.25, 0.3) is 0 Å². The van der Waals surface area contributed by atoms with Crippen LogP contribution in [-0.4, -0.2) is 39.2 Å². The van der Waals surface area contributed by atoms with Gasteiger partial charge >= 0.3 is 0 Å². The van der Waals surface area contributed by atoms with Gasteiger partial charge in [0, 0.05) is 31.8 Å². The number of nitrogens with zero attached hydrogens (tertiary/aromatic N) is 1. The van der Waals surface area contributed by atoms with Gasteiger partial charge in [-0.3, -0.25) is 0 Å². The summed E-state index contributed by atoms with van der Waals surface area (Å²) >= 11 is 3.35. The molecular formula is C12H18BrNO3S. The lowest BCUT2D eigenvalue weighted by Crippen LogP contribution is -2.29. The number of rotatable bonds is 7. The minimum atomic E-state index is -3.20. The van der Waals surface area contributed by atoms with Crippen molar-refractivity contribution in [1.29, 1.82) is 0 Å². The Morgan fingerprint density at radius 3 is 2.44 bits per heavy atom. The molecular weight excluding hydrogens is 318 g/mol. The highest BCUT2D eigenvalue weighted by atomic mass is 79.9. The Hall–Kier alpha value is -0.430. The highest BCUT2D eigenvalue weighted by Crippen LogP contribution is 2.13. The molecule has 0 unspecified atom stereocenters. The summed E-state index contributed by atoms with van der Waals surface area (Å²) in [6, 6.07) is 7.62. The van der Waals surface area contributed by atoms with Crippen molar-refractivity contribution in [2.75, 3.05) is 26.5 Å². The number of benzene rings is 1. The Labute approximate surface area is 117 Å². The van der Waals surface area contributed by atoms with Crippen LogP contribution in [-0.2, 0) is 21.3 Å². The third-order valence-corrected chi connectivity index (χ3v) is 4.96. The zero-order chi connectivity index (χ0) is 13.6. The Balaban J connectivity index is 2.58. The van der Waals surface area contributed by atoms with Crippen LogP contribution in [0.2, 0.25) is 0 Å².